The van der Waals surface area contributed by atoms with Crippen LogP contribution in [0.3, 0.4) is 0 Å². The molecule has 0 spiro atoms. The number of hydrogen-bond donors (Lipinski definition) is 3. The molecular weight excluding hydrogens is 428 g/mol. The molecule has 4 rings (SSSR count). The maximum absolute atomic E-state index is 13.0. The van der Waals surface area contributed by atoms with E-state index in [4.69, 9.17) is 14.2 Å². The van der Waals surface area contributed by atoms with Crippen molar-refractivity contribution in [1.82, 2.24) is 9.78 Å². The molecule has 0 radical (unpaired) electrons. The van der Waals surface area contributed by atoms with Crippen molar-refractivity contribution in [2.45, 2.75) is 6.04 Å². The number of allylic oxidation sites excluding steroid dienone is 1. The van der Waals surface area contributed by atoms with Gasteiger partial charge in [-0.25, -0.2) is 9.48 Å². The second-order valence-corrected chi connectivity index (χ2v) is 7.10. The molecule has 3 N–H and O–H groups in total. The number of rotatable bonds is 7. The Bertz CT molecular complexity index is 1250. The lowest BCUT2D eigenvalue weighted by Gasteiger charge is -2.26. The minimum atomic E-state index is -1.17. The molecule has 1 aliphatic heterocycles. The van der Waals surface area contributed by atoms with Gasteiger partial charge in [-0.05, 0) is 36.4 Å². The van der Waals surface area contributed by atoms with Gasteiger partial charge in [0.2, 0.25) is 0 Å². The Morgan fingerprint density at radius 1 is 1.06 bits per heavy atom. The molecule has 1 unspecified atom stereocenters. The minimum Gasteiger partial charge on any atom is -0.497 e. The largest absolute Gasteiger partial charge is 0.497 e. The van der Waals surface area contributed by atoms with E-state index in [1.54, 1.807) is 42.5 Å². The van der Waals surface area contributed by atoms with E-state index in [2.05, 4.69) is 15.7 Å². The van der Waals surface area contributed by atoms with E-state index in [0.29, 0.717) is 28.5 Å². The zero-order valence-electron chi connectivity index (χ0n) is 18.2. The van der Waals surface area contributed by atoms with Crippen LogP contribution in [0.15, 0.2) is 60.4 Å². The summed E-state index contributed by atoms with van der Waals surface area (Å²) >= 11 is 0. The lowest BCUT2D eigenvalue weighted by Crippen LogP contribution is -2.26. The first-order valence-corrected chi connectivity index (χ1v) is 9.92. The molecule has 10 heteroatoms. The van der Waals surface area contributed by atoms with Gasteiger partial charge in [0, 0.05) is 17.3 Å². The first kappa shape index (κ1) is 21.8. The number of aromatic nitrogens is 2. The molecule has 1 aromatic heterocycles. The molecule has 0 fully saturated rings. The number of anilines is 2. The van der Waals surface area contributed by atoms with Crippen LogP contribution in [0.2, 0.25) is 0 Å². The zero-order valence-corrected chi connectivity index (χ0v) is 18.2. The number of carboxylic acids is 1. The van der Waals surface area contributed by atoms with Crippen molar-refractivity contribution in [3.05, 3.63) is 71.6 Å². The number of carbonyl (C=O) groups excluding carboxylic acids is 1. The Hall–Kier alpha value is -4.47. The molecule has 1 aliphatic rings. The van der Waals surface area contributed by atoms with Crippen molar-refractivity contribution in [1.29, 1.82) is 0 Å². The minimum absolute atomic E-state index is 0.0895. The summed E-state index contributed by atoms with van der Waals surface area (Å²) in [5, 5.41) is 19.6. The molecule has 1 amide bonds. The van der Waals surface area contributed by atoms with Crippen molar-refractivity contribution >= 4 is 23.4 Å². The number of ether oxygens (including phenoxy) is 3. The molecule has 3 aromatic rings. The molecule has 0 aliphatic carbocycles. The molecule has 2 heterocycles. The molecule has 0 saturated carbocycles. The van der Waals surface area contributed by atoms with Gasteiger partial charge in [0.05, 0.1) is 27.5 Å². The number of amides is 1. The SMILES string of the molecule is COc1cccc(NC(=O)c2cnn3c2NC(C(=O)O)=CC3c2cc(OC)ccc2OC)c1. The van der Waals surface area contributed by atoms with Gasteiger partial charge in [0.15, 0.2) is 0 Å². The van der Waals surface area contributed by atoms with E-state index in [1.807, 2.05) is 0 Å². The van der Waals surface area contributed by atoms with E-state index < -0.39 is 17.9 Å². The summed E-state index contributed by atoms with van der Waals surface area (Å²) in [5.74, 6) is 0.287. The average Bonchev–Trinajstić information content (AvgIpc) is 3.27. The number of carbonyl (C=O) groups is 2. The smallest absolute Gasteiger partial charge is 0.352 e. The molecule has 10 nitrogen and oxygen atoms in total. The van der Waals surface area contributed by atoms with E-state index in [9.17, 15) is 14.7 Å². The van der Waals surface area contributed by atoms with Gasteiger partial charge in [-0.1, -0.05) is 6.07 Å². The van der Waals surface area contributed by atoms with Crippen LogP contribution in [0.25, 0.3) is 0 Å². The van der Waals surface area contributed by atoms with Crippen LogP contribution in [-0.2, 0) is 4.79 Å². The van der Waals surface area contributed by atoms with Crippen LogP contribution < -0.4 is 24.8 Å². The van der Waals surface area contributed by atoms with Crippen molar-refractivity contribution in [3.8, 4) is 17.2 Å². The third kappa shape index (κ3) is 4.18. The summed E-state index contributed by atoms with van der Waals surface area (Å²) in [5.41, 5.74) is 1.24. The molecule has 2 aromatic carbocycles. The number of benzene rings is 2. The van der Waals surface area contributed by atoms with Gasteiger partial charge in [-0.15, -0.1) is 0 Å². The fraction of sp³-hybridized carbons (Fsp3) is 0.174. The molecule has 0 bridgehead atoms. The number of nitrogens with zero attached hydrogens (tertiary/aromatic N) is 2. The average molecular weight is 450 g/mol. The second-order valence-electron chi connectivity index (χ2n) is 7.10. The van der Waals surface area contributed by atoms with Crippen LogP contribution in [-0.4, -0.2) is 48.1 Å². The summed E-state index contributed by atoms with van der Waals surface area (Å²) in [6, 6.07) is 11.4. The van der Waals surface area contributed by atoms with Crippen LogP contribution in [0, 0.1) is 0 Å². The second kappa shape index (κ2) is 8.95. The van der Waals surface area contributed by atoms with Gasteiger partial charge in [-0.3, -0.25) is 4.79 Å². The van der Waals surface area contributed by atoms with E-state index >= 15 is 0 Å². The lowest BCUT2D eigenvalue weighted by atomic mass is 10.0. The molecule has 1 atom stereocenters. The van der Waals surface area contributed by atoms with Crippen molar-refractivity contribution in [3.63, 3.8) is 0 Å². The van der Waals surface area contributed by atoms with Crippen molar-refractivity contribution < 1.29 is 28.9 Å². The van der Waals surface area contributed by atoms with Crippen LogP contribution in [0.4, 0.5) is 11.5 Å². The maximum Gasteiger partial charge on any atom is 0.352 e. The lowest BCUT2D eigenvalue weighted by molar-refractivity contribution is -0.132. The number of methoxy groups -OCH3 is 3. The standard InChI is InChI=1S/C23H22N4O6/c1-31-14-6-4-5-13(9-14)25-22(28)17-12-24-27-19(11-18(23(29)30)26-21(17)27)16-10-15(32-2)7-8-20(16)33-3/h4-12,19,26H,1-3H3,(H,25,28)(H,29,30). The summed E-state index contributed by atoms with van der Waals surface area (Å²) in [4.78, 5) is 24.9. The fourth-order valence-electron chi connectivity index (χ4n) is 3.58. The third-order valence-electron chi connectivity index (χ3n) is 5.19. The summed E-state index contributed by atoms with van der Waals surface area (Å²) in [6.45, 7) is 0. The van der Waals surface area contributed by atoms with Crippen LogP contribution >= 0.6 is 0 Å². The Morgan fingerprint density at radius 3 is 2.52 bits per heavy atom. The van der Waals surface area contributed by atoms with Crippen LogP contribution in [0.1, 0.15) is 22.0 Å². The predicted molar refractivity (Wildman–Crippen MR) is 120 cm³/mol. The highest BCUT2D eigenvalue weighted by Gasteiger charge is 2.31. The molecule has 33 heavy (non-hydrogen) atoms. The normalized spacial score (nSPS) is 14.4. The van der Waals surface area contributed by atoms with Crippen LogP contribution in [0.5, 0.6) is 17.2 Å². The number of aliphatic carboxylic acids is 1. The Kier molecular flexibility index (Phi) is 5.90. The van der Waals surface area contributed by atoms with Gasteiger partial charge < -0.3 is 30.0 Å². The van der Waals surface area contributed by atoms with E-state index in [0.717, 1.165) is 0 Å². The maximum atomic E-state index is 13.0. The molecule has 170 valence electrons. The first-order chi connectivity index (χ1) is 15.9. The van der Waals surface area contributed by atoms with Gasteiger partial charge in [0.1, 0.15) is 40.4 Å². The van der Waals surface area contributed by atoms with Gasteiger partial charge >= 0.3 is 5.97 Å². The highest BCUT2D eigenvalue weighted by molar-refractivity contribution is 6.08. The summed E-state index contributed by atoms with van der Waals surface area (Å²) in [7, 11) is 4.59. The van der Waals surface area contributed by atoms with E-state index in [-0.39, 0.29) is 17.1 Å². The third-order valence-corrected chi connectivity index (χ3v) is 5.19. The topological polar surface area (TPSA) is 124 Å². The van der Waals surface area contributed by atoms with Crippen molar-refractivity contribution in [2.75, 3.05) is 32.0 Å². The monoisotopic (exact) mass is 450 g/mol. The Balaban J connectivity index is 1.76. The first-order valence-electron chi connectivity index (χ1n) is 9.92. The molecular formula is C23H22N4O6. The summed E-state index contributed by atoms with van der Waals surface area (Å²) < 4.78 is 17.5. The number of hydrogen-bond acceptors (Lipinski definition) is 7. The van der Waals surface area contributed by atoms with Gasteiger partial charge in [-0.2, -0.15) is 5.10 Å². The highest BCUT2D eigenvalue weighted by Crippen LogP contribution is 2.38. The van der Waals surface area contributed by atoms with Gasteiger partial charge in [0.25, 0.3) is 5.91 Å². The summed E-state index contributed by atoms with van der Waals surface area (Å²) in [6.07, 6.45) is 2.89. The number of nitrogens with one attached hydrogen (secondary N) is 2. The fourth-order valence-corrected chi connectivity index (χ4v) is 3.58. The Labute approximate surface area is 189 Å². The predicted octanol–water partition coefficient (Wildman–Crippen LogP) is 3.14. The molecule has 0 saturated heterocycles. The van der Waals surface area contributed by atoms with Crippen molar-refractivity contribution in [2.24, 2.45) is 0 Å². The highest BCUT2D eigenvalue weighted by atomic mass is 16.5. The zero-order chi connectivity index (χ0) is 23.5. The van der Waals surface area contributed by atoms with E-state index in [1.165, 1.54) is 38.3 Å². The number of carboxylic acid groups (broad SMARTS) is 1. The Morgan fingerprint density at radius 2 is 1.82 bits per heavy atom. The number of fused-ring (bicyclic) bond motifs is 1. The quantitative estimate of drug-likeness (QED) is 0.502.